The lowest BCUT2D eigenvalue weighted by Crippen LogP contribution is -2.24. The quantitative estimate of drug-likeness (QED) is 0.291. The number of carbonyl (C=O) groups excluding carboxylic acids is 1. The molecule has 0 fully saturated rings. The summed E-state index contributed by atoms with van der Waals surface area (Å²) in [5, 5.41) is 15.5. The maximum Gasteiger partial charge on any atom is 0.277 e. The van der Waals surface area contributed by atoms with E-state index in [9.17, 15) is 14.9 Å². The predicted molar refractivity (Wildman–Crippen MR) is 118 cm³/mol. The van der Waals surface area contributed by atoms with Gasteiger partial charge in [-0.1, -0.05) is 23.2 Å². The highest BCUT2D eigenvalue weighted by atomic mass is 35.5. The molecule has 10 heteroatoms. The van der Waals surface area contributed by atoms with E-state index in [1.807, 2.05) is 13.8 Å². The second-order valence-electron chi connectivity index (χ2n) is 6.58. The van der Waals surface area contributed by atoms with Gasteiger partial charge in [0.2, 0.25) is 0 Å². The Labute approximate surface area is 187 Å². The minimum absolute atomic E-state index is 0.115. The molecular formula is C21H17Cl2N3O5. The fourth-order valence-electron chi connectivity index (χ4n) is 2.72. The van der Waals surface area contributed by atoms with Crippen molar-refractivity contribution in [3.05, 3.63) is 79.5 Å². The number of hydrazone groups is 1. The van der Waals surface area contributed by atoms with Crippen LogP contribution in [0.3, 0.4) is 0 Å². The molecule has 0 aliphatic rings. The Hall–Kier alpha value is -3.36. The molecule has 31 heavy (non-hydrogen) atoms. The molecule has 160 valence electrons. The number of ether oxygens (including phenoxy) is 1. The third kappa shape index (κ3) is 5.62. The molecule has 0 bridgehead atoms. The Balaban J connectivity index is 1.57. The average molecular weight is 462 g/mol. The fraction of sp³-hybridized carbons (Fsp3) is 0.143. The van der Waals surface area contributed by atoms with Crippen molar-refractivity contribution < 1.29 is 18.9 Å². The minimum atomic E-state index is -0.530. The van der Waals surface area contributed by atoms with Crippen molar-refractivity contribution in [3.8, 4) is 17.1 Å². The van der Waals surface area contributed by atoms with Gasteiger partial charge in [-0.3, -0.25) is 14.9 Å². The third-order valence-electron chi connectivity index (χ3n) is 4.22. The number of non-ortho nitro benzene ring substituents is 1. The first-order valence-electron chi connectivity index (χ1n) is 9.00. The van der Waals surface area contributed by atoms with Crippen molar-refractivity contribution in [1.29, 1.82) is 0 Å². The smallest absolute Gasteiger partial charge is 0.277 e. The molecule has 0 aliphatic heterocycles. The summed E-state index contributed by atoms with van der Waals surface area (Å²) in [6.45, 7) is 3.49. The van der Waals surface area contributed by atoms with Crippen molar-refractivity contribution in [2.75, 3.05) is 6.61 Å². The lowest BCUT2D eigenvalue weighted by atomic mass is 10.1. The lowest BCUT2D eigenvalue weighted by molar-refractivity contribution is -0.384. The van der Waals surface area contributed by atoms with Gasteiger partial charge in [0.25, 0.3) is 11.6 Å². The van der Waals surface area contributed by atoms with Crippen molar-refractivity contribution in [2.24, 2.45) is 5.10 Å². The molecule has 1 aromatic heterocycles. The SMILES string of the molecule is Cc1cc(OCC(=O)N/N=C\c2ccc(-c3ccc([N+](=O)[O-])cc3Cl)o2)cc(C)c1Cl. The van der Waals surface area contributed by atoms with E-state index in [1.54, 1.807) is 24.3 Å². The van der Waals surface area contributed by atoms with Crippen LogP contribution in [0.15, 0.2) is 52.0 Å². The molecule has 0 spiro atoms. The van der Waals surface area contributed by atoms with Crippen LogP contribution in [0, 0.1) is 24.0 Å². The van der Waals surface area contributed by atoms with E-state index >= 15 is 0 Å². The van der Waals surface area contributed by atoms with Crippen LogP contribution in [-0.4, -0.2) is 23.7 Å². The summed E-state index contributed by atoms with van der Waals surface area (Å²) in [6, 6.07) is 10.8. The van der Waals surface area contributed by atoms with Crippen LogP contribution in [0.1, 0.15) is 16.9 Å². The molecular weight excluding hydrogens is 445 g/mol. The van der Waals surface area contributed by atoms with Crippen LogP contribution in [0.25, 0.3) is 11.3 Å². The Morgan fingerprint density at radius 3 is 2.55 bits per heavy atom. The topological polar surface area (TPSA) is 107 Å². The van der Waals surface area contributed by atoms with Crippen molar-refractivity contribution in [1.82, 2.24) is 5.43 Å². The first-order chi connectivity index (χ1) is 14.7. The molecule has 0 saturated heterocycles. The summed E-state index contributed by atoms with van der Waals surface area (Å²) in [5.41, 5.74) is 4.44. The number of aryl methyl sites for hydroxylation is 2. The molecule has 0 radical (unpaired) electrons. The molecule has 0 saturated carbocycles. The Bertz CT molecular complexity index is 1150. The number of halogens is 2. The highest BCUT2D eigenvalue weighted by molar-refractivity contribution is 6.33. The standard InChI is InChI=1S/C21H17Cl2N3O5/c1-12-7-16(8-13(2)21(12)23)30-11-20(27)25-24-10-15-4-6-19(31-15)17-5-3-14(26(28)29)9-18(17)22/h3-10H,11H2,1-2H3,(H,25,27)/b24-10-. The number of nitrogens with one attached hydrogen (secondary N) is 1. The van der Waals surface area contributed by atoms with Gasteiger partial charge in [-0.2, -0.15) is 5.10 Å². The van der Waals surface area contributed by atoms with Gasteiger partial charge in [-0.05, 0) is 55.3 Å². The molecule has 3 rings (SSSR count). The summed E-state index contributed by atoms with van der Waals surface area (Å²) in [4.78, 5) is 22.2. The maximum absolute atomic E-state index is 11.9. The lowest BCUT2D eigenvalue weighted by Gasteiger charge is -2.09. The number of nitro benzene ring substituents is 1. The third-order valence-corrected chi connectivity index (χ3v) is 5.13. The molecule has 0 unspecified atom stereocenters. The summed E-state index contributed by atoms with van der Waals surface area (Å²) in [7, 11) is 0. The van der Waals surface area contributed by atoms with E-state index in [4.69, 9.17) is 32.4 Å². The normalized spacial score (nSPS) is 11.0. The van der Waals surface area contributed by atoms with Crippen LogP contribution in [0.5, 0.6) is 5.75 Å². The largest absolute Gasteiger partial charge is 0.484 e. The van der Waals surface area contributed by atoms with Gasteiger partial charge in [-0.25, -0.2) is 5.43 Å². The second kappa shape index (κ2) is 9.63. The maximum atomic E-state index is 11.9. The molecule has 0 atom stereocenters. The number of amides is 1. The molecule has 0 aliphatic carbocycles. The number of nitrogens with zero attached hydrogens (tertiary/aromatic N) is 2. The Kier molecular flexibility index (Phi) is 6.94. The van der Waals surface area contributed by atoms with Gasteiger partial charge >= 0.3 is 0 Å². The van der Waals surface area contributed by atoms with Crippen LogP contribution in [0.2, 0.25) is 10.0 Å². The number of rotatable bonds is 7. The molecule has 3 aromatic rings. The summed E-state index contributed by atoms with van der Waals surface area (Å²) in [6.07, 6.45) is 1.32. The first-order valence-corrected chi connectivity index (χ1v) is 9.76. The second-order valence-corrected chi connectivity index (χ2v) is 7.36. The highest BCUT2D eigenvalue weighted by Crippen LogP contribution is 2.32. The number of benzene rings is 2. The zero-order chi connectivity index (χ0) is 22.5. The van der Waals surface area contributed by atoms with E-state index < -0.39 is 10.8 Å². The number of hydrogen-bond donors (Lipinski definition) is 1. The van der Waals surface area contributed by atoms with Gasteiger partial charge in [-0.15, -0.1) is 0 Å². The minimum Gasteiger partial charge on any atom is -0.484 e. The summed E-state index contributed by atoms with van der Waals surface area (Å²) in [5.74, 6) is 0.847. The van der Waals surface area contributed by atoms with Crippen LogP contribution in [0.4, 0.5) is 5.69 Å². The van der Waals surface area contributed by atoms with E-state index in [-0.39, 0.29) is 17.3 Å². The number of furan rings is 1. The van der Waals surface area contributed by atoms with Gasteiger partial charge < -0.3 is 9.15 Å². The van der Waals surface area contributed by atoms with Crippen LogP contribution < -0.4 is 10.2 Å². The van der Waals surface area contributed by atoms with Crippen molar-refractivity contribution >= 4 is 41.0 Å². The van der Waals surface area contributed by atoms with E-state index in [0.717, 1.165) is 11.1 Å². The van der Waals surface area contributed by atoms with E-state index in [1.165, 1.54) is 24.4 Å². The Morgan fingerprint density at radius 2 is 1.90 bits per heavy atom. The van der Waals surface area contributed by atoms with E-state index in [0.29, 0.717) is 27.9 Å². The summed E-state index contributed by atoms with van der Waals surface area (Å²) < 4.78 is 11.1. The van der Waals surface area contributed by atoms with Crippen molar-refractivity contribution in [2.45, 2.75) is 13.8 Å². The van der Waals surface area contributed by atoms with Crippen molar-refractivity contribution in [3.63, 3.8) is 0 Å². The van der Waals surface area contributed by atoms with Gasteiger partial charge in [0.05, 0.1) is 16.2 Å². The molecule has 2 aromatic carbocycles. The number of nitro groups is 1. The molecule has 1 N–H and O–H groups in total. The summed E-state index contributed by atoms with van der Waals surface area (Å²) >= 11 is 12.2. The first kappa shape index (κ1) is 22.3. The van der Waals surface area contributed by atoms with Gasteiger partial charge in [0.15, 0.2) is 6.61 Å². The number of hydrogen-bond acceptors (Lipinski definition) is 6. The molecule has 8 nitrogen and oxygen atoms in total. The molecule has 1 heterocycles. The van der Waals surface area contributed by atoms with Crippen LogP contribution in [-0.2, 0) is 4.79 Å². The molecule has 1 amide bonds. The van der Waals surface area contributed by atoms with Gasteiger partial charge in [0, 0.05) is 22.7 Å². The van der Waals surface area contributed by atoms with Gasteiger partial charge in [0.1, 0.15) is 17.3 Å². The number of carbonyl (C=O) groups is 1. The average Bonchev–Trinajstić information content (AvgIpc) is 3.18. The monoisotopic (exact) mass is 461 g/mol. The Morgan fingerprint density at radius 1 is 1.19 bits per heavy atom. The van der Waals surface area contributed by atoms with E-state index in [2.05, 4.69) is 10.5 Å². The zero-order valence-electron chi connectivity index (χ0n) is 16.5. The predicted octanol–water partition coefficient (Wildman–Crippen LogP) is 5.31. The zero-order valence-corrected chi connectivity index (χ0v) is 18.0. The highest BCUT2D eigenvalue weighted by Gasteiger charge is 2.13. The van der Waals surface area contributed by atoms with Crippen LogP contribution >= 0.6 is 23.2 Å². The fourth-order valence-corrected chi connectivity index (χ4v) is 3.10.